The molecule has 1 aliphatic heterocycles. The van der Waals surface area contributed by atoms with Crippen LogP contribution in [0.4, 0.5) is 20.2 Å². The molecule has 1 aliphatic rings. The van der Waals surface area contributed by atoms with Crippen LogP contribution in [0.25, 0.3) is 0 Å². The quantitative estimate of drug-likeness (QED) is 0.484. The minimum atomic E-state index is -1.01. The van der Waals surface area contributed by atoms with Crippen molar-refractivity contribution in [1.29, 1.82) is 0 Å². The van der Waals surface area contributed by atoms with Crippen LogP contribution < -0.4 is 20.9 Å². The number of hydrogen-bond donors (Lipinski definition) is 3. The van der Waals surface area contributed by atoms with Gasteiger partial charge in [0, 0.05) is 32.1 Å². The first-order chi connectivity index (χ1) is 16.9. The zero-order valence-corrected chi connectivity index (χ0v) is 19.4. The molecule has 182 valence electrons. The van der Waals surface area contributed by atoms with Gasteiger partial charge in [0.25, 0.3) is 5.91 Å². The van der Waals surface area contributed by atoms with Gasteiger partial charge in [-0.25, -0.2) is 8.78 Å². The summed E-state index contributed by atoms with van der Waals surface area (Å²) in [6, 6.07) is 18.3. The Morgan fingerprint density at radius 2 is 1.80 bits per heavy atom. The molecule has 2 unspecified atom stereocenters. The molecule has 2 atom stereocenters. The molecule has 0 bridgehead atoms. The largest absolute Gasteiger partial charge is 0.367 e. The summed E-state index contributed by atoms with van der Waals surface area (Å²) in [7, 11) is 0. The number of nitrogens with zero attached hydrogens (tertiary/aromatic N) is 1. The van der Waals surface area contributed by atoms with E-state index in [1.807, 2.05) is 30.3 Å². The molecule has 0 aliphatic carbocycles. The van der Waals surface area contributed by atoms with E-state index in [2.05, 4.69) is 27.8 Å². The normalized spacial score (nSPS) is 16.4. The predicted molar refractivity (Wildman–Crippen MR) is 133 cm³/mol. The van der Waals surface area contributed by atoms with Crippen LogP contribution in [0.5, 0.6) is 0 Å². The van der Waals surface area contributed by atoms with Crippen LogP contribution in [-0.2, 0) is 11.2 Å². The van der Waals surface area contributed by atoms with Crippen LogP contribution in [0, 0.1) is 11.6 Å². The minimum absolute atomic E-state index is 0.153. The highest BCUT2D eigenvalue weighted by Gasteiger charge is 2.26. The fourth-order valence-corrected chi connectivity index (χ4v) is 4.20. The number of halogens is 2. The van der Waals surface area contributed by atoms with Crippen molar-refractivity contribution in [3.05, 3.63) is 95.6 Å². The lowest BCUT2D eigenvalue weighted by atomic mass is 10.0. The van der Waals surface area contributed by atoms with E-state index >= 15 is 0 Å². The number of carbonyl (C=O) groups is 2. The van der Waals surface area contributed by atoms with E-state index in [1.165, 1.54) is 30.3 Å². The van der Waals surface area contributed by atoms with Crippen molar-refractivity contribution >= 4 is 23.2 Å². The lowest BCUT2D eigenvalue weighted by molar-refractivity contribution is -0.118. The van der Waals surface area contributed by atoms with Crippen molar-refractivity contribution < 1.29 is 18.4 Å². The summed E-state index contributed by atoms with van der Waals surface area (Å²) in [4.78, 5) is 28.3. The highest BCUT2D eigenvalue weighted by atomic mass is 19.1. The minimum Gasteiger partial charge on any atom is -0.367 e. The number of rotatable bonds is 7. The number of nitrogens with one attached hydrogen (secondary N) is 3. The summed E-state index contributed by atoms with van der Waals surface area (Å²) in [5, 5.41) is 8.82. The third-order valence-corrected chi connectivity index (χ3v) is 5.95. The summed E-state index contributed by atoms with van der Waals surface area (Å²) < 4.78 is 28.4. The van der Waals surface area contributed by atoms with Gasteiger partial charge in [0.1, 0.15) is 17.7 Å². The van der Waals surface area contributed by atoms with E-state index in [9.17, 15) is 18.4 Å². The Morgan fingerprint density at radius 1 is 1.06 bits per heavy atom. The Hall–Kier alpha value is -3.78. The van der Waals surface area contributed by atoms with Gasteiger partial charge in [-0.05, 0) is 42.8 Å². The van der Waals surface area contributed by atoms with E-state index in [4.69, 9.17) is 0 Å². The maximum absolute atomic E-state index is 14.2. The highest BCUT2D eigenvalue weighted by Crippen LogP contribution is 2.28. The molecule has 4 rings (SSSR count). The average molecular weight is 479 g/mol. The number of hydrogen-bond acceptors (Lipinski definition) is 4. The van der Waals surface area contributed by atoms with E-state index in [0.717, 1.165) is 12.1 Å². The molecule has 1 fully saturated rings. The predicted octanol–water partition coefficient (Wildman–Crippen LogP) is 3.74. The van der Waals surface area contributed by atoms with E-state index in [1.54, 1.807) is 12.1 Å². The second kappa shape index (κ2) is 11.1. The van der Waals surface area contributed by atoms with Crippen LogP contribution in [0.1, 0.15) is 22.8 Å². The van der Waals surface area contributed by atoms with Gasteiger partial charge < -0.3 is 20.9 Å². The SMILES string of the molecule is CC1CN(c2ccc(F)cc2NC(=O)C(Cc2ccccc2)NC(=O)c2ccccc2F)CCN1. The first-order valence-corrected chi connectivity index (χ1v) is 11.6. The summed E-state index contributed by atoms with van der Waals surface area (Å²) in [5.74, 6) is -2.38. The maximum atomic E-state index is 14.2. The number of benzene rings is 3. The van der Waals surface area contributed by atoms with Crippen molar-refractivity contribution in [3.8, 4) is 0 Å². The molecule has 6 nitrogen and oxygen atoms in total. The molecular weight excluding hydrogens is 450 g/mol. The molecule has 8 heteroatoms. The van der Waals surface area contributed by atoms with Crippen molar-refractivity contribution in [2.45, 2.75) is 25.4 Å². The number of carbonyl (C=O) groups excluding carboxylic acids is 2. The standard InChI is InChI=1S/C27H28F2N4O2/c1-18-17-33(14-13-30-18)25-12-11-20(28)16-23(25)31-27(35)24(15-19-7-3-2-4-8-19)32-26(34)21-9-5-6-10-22(21)29/h2-12,16,18,24,30H,13-15,17H2,1H3,(H,31,35)(H,32,34). The molecule has 35 heavy (non-hydrogen) atoms. The Morgan fingerprint density at radius 3 is 2.54 bits per heavy atom. The second-order valence-corrected chi connectivity index (χ2v) is 8.65. The lowest BCUT2D eigenvalue weighted by Crippen LogP contribution is -2.49. The topological polar surface area (TPSA) is 73.5 Å². The van der Waals surface area contributed by atoms with E-state index in [-0.39, 0.29) is 18.0 Å². The van der Waals surface area contributed by atoms with Gasteiger partial charge in [-0.15, -0.1) is 0 Å². The smallest absolute Gasteiger partial charge is 0.254 e. The number of piperazine rings is 1. The van der Waals surface area contributed by atoms with Gasteiger partial charge >= 0.3 is 0 Å². The molecule has 3 aromatic carbocycles. The Balaban J connectivity index is 1.59. The summed E-state index contributed by atoms with van der Waals surface area (Å²) in [6.45, 7) is 4.23. The van der Waals surface area contributed by atoms with Gasteiger partial charge in [-0.1, -0.05) is 42.5 Å². The molecule has 2 amide bonds. The zero-order valence-electron chi connectivity index (χ0n) is 19.4. The Bertz CT molecular complexity index is 1190. The van der Waals surface area contributed by atoms with Gasteiger partial charge in [-0.2, -0.15) is 0 Å². The van der Waals surface area contributed by atoms with Crippen LogP contribution >= 0.6 is 0 Å². The Kier molecular flexibility index (Phi) is 7.72. The van der Waals surface area contributed by atoms with E-state index in [0.29, 0.717) is 24.5 Å². The van der Waals surface area contributed by atoms with Crippen molar-refractivity contribution in [1.82, 2.24) is 10.6 Å². The first-order valence-electron chi connectivity index (χ1n) is 11.6. The first kappa shape index (κ1) is 24.3. The molecule has 0 saturated carbocycles. The zero-order chi connectivity index (χ0) is 24.8. The molecule has 1 saturated heterocycles. The molecule has 1 heterocycles. The second-order valence-electron chi connectivity index (χ2n) is 8.65. The van der Waals surface area contributed by atoms with Crippen LogP contribution in [0.2, 0.25) is 0 Å². The molecule has 3 aromatic rings. The van der Waals surface area contributed by atoms with E-state index < -0.39 is 29.5 Å². The van der Waals surface area contributed by atoms with Gasteiger partial charge in [0.2, 0.25) is 5.91 Å². The highest BCUT2D eigenvalue weighted by molar-refractivity contribution is 6.02. The van der Waals surface area contributed by atoms with Crippen molar-refractivity contribution in [2.75, 3.05) is 29.9 Å². The van der Waals surface area contributed by atoms with Crippen LogP contribution in [0.3, 0.4) is 0 Å². The lowest BCUT2D eigenvalue weighted by Gasteiger charge is -2.35. The monoisotopic (exact) mass is 478 g/mol. The van der Waals surface area contributed by atoms with Crippen LogP contribution in [-0.4, -0.2) is 43.5 Å². The third kappa shape index (κ3) is 6.22. The van der Waals surface area contributed by atoms with Crippen LogP contribution in [0.15, 0.2) is 72.8 Å². The van der Waals surface area contributed by atoms with Gasteiger partial charge in [0.05, 0.1) is 16.9 Å². The average Bonchev–Trinajstić information content (AvgIpc) is 2.84. The summed E-state index contributed by atoms with van der Waals surface area (Å²) >= 11 is 0. The molecule has 0 spiro atoms. The Labute approximate surface area is 203 Å². The molecule has 0 aromatic heterocycles. The molecular formula is C27H28F2N4O2. The summed E-state index contributed by atoms with van der Waals surface area (Å²) in [6.07, 6.45) is 0.183. The van der Waals surface area contributed by atoms with Gasteiger partial charge in [-0.3, -0.25) is 9.59 Å². The number of anilines is 2. The fraction of sp³-hybridized carbons (Fsp3) is 0.259. The fourth-order valence-electron chi connectivity index (χ4n) is 4.20. The summed E-state index contributed by atoms with van der Waals surface area (Å²) in [5.41, 5.74) is 1.69. The molecule has 3 N–H and O–H groups in total. The molecule has 0 radical (unpaired) electrons. The van der Waals surface area contributed by atoms with Crippen molar-refractivity contribution in [3.63, 3.8) is 0 Å². The van der Waals surface area contributed by atoms with Crippen molar-refractivity contribution in [2.24, 2.45) is 0 Å². The third-order valence-electron chi connectivity index (χ3n) is 5.95. The maximum Gasteiger partial charge on any atom is 0.254 e. The number of amides is 2. The van der Waals surface area contributed by atoms with Gasteiger partial charge in [0.15, 0.2) is 0 Å².